The van der Waals surface area contributed by atoms with Gasteiger partial charge in [0.25, 0.3) is 0 Å². The summed E-state index contributed by atoms with van der Waals surface area (Å²) in [5.41, 5.74) is 5.00. The number of rotatable bonds is 8. The minimum absolute atomic E-state index is 0.0943. The molecule has 1 aliphatic rings. The maximum atomic E-state index is 12.8. The maximum absolute atomic E-state index is 12.8. The Morgan fingerprint density at radius 1 is 1.07 bits per heavy atom. The molecule has 5 rings (SSSR count). The number of thioether (sulfide) groups is 1. The van der Waals surface area contributed by atoms with Crippen LogP contribution in [0.2, 0.25) is 0 Å². The van der Waals surface area contributed by atoms with Gasteiger partial charge in [-0.25, -0.2) is 9.67 Å². The van der Waals surface area contributed by atoms with Crippen molar-refractivity contribution in [3.63, 3.8) is 0 Å². The van der Waals surface area contributed by atoms with Gasteiger partial charge in [0.2, 0.25) is 11.8 Å². The molecule has 0 spiro atoms. The Balaban J connectivity index is 1.22. The molecule has 8 nitrogen and oxygen atoms in total. The molecule has 12 heteroatoms. The topological polar surface area (TPSA) is 89.7 Å². The molecule has 2 amide bonds. The highest BCUT2D eigenvalue weighted by molar-refractivity contribution is 8.15. The molecule has 1 fully saturated rings. The number of aromatic nitrogens is 3. The Morgan fingerprint density at radius 2 is 1.79 bits per heavy atom. The molecule has 43 heavy (non-hydrogen) atoms. The van der Waals surface area contributed by atoms with Crippen LogP contribution >= 0.6 is 11.8 Å². The summed E-state index contributed by atoms with van der Waals surface area (Å²) < 4.78 is 42.5. The molecule has 1 saturated heterocycles. The normalized spacial score (nSPS) is 14.6. The van der Waals surface area contributed by atoms with Crippen molar-refractivity contribution in [2.45, 2.75) is 45.9 Å². The highest BCUT2D eigenvalue weighted by atomic mass is 32.2. The van der Waals surface area contributed by atoms with Crippen molar-refractivity contribution >= 4 is 34.4 Å². The molecule has 0 aliphatic carbocycles. The molecule has 0 atom stereocenters. The molecule has 222 valence electrons. The fraction of sp³-hybridized carbons (Fsp3) is 0.258. The van der Waals surface area contributed by atoms with Crippen LogP contribution in [0.1, 0.15) is 42.9 Å². The van der Waals surface area contributed by atoms with E-state index in [0.29, 0.717) is 23.1 Å². The number of anilines is 1. The zero-order valence-electron chi connectivity index (χ0n) is 23.6. The first-order chi connectivity index (χ1) is 20.5. The van der Waals surface area contributed by atoms with E-state index in [1.54, 1.807) is 4.90 Å². The molecule has 1 aromatic heterocycles. The van der Waals surface area contributed by atoms with Gasteiger partial charge >= 0.3 is 6.36 Å². The van der Waals surface area contributed by atoms with Crippen LogP contribution in [0, 0.1) is 6.92 Å². The third-order valence-corrected chi connectivity index (χ3v) is 7.62. The number of hydrogen-bond acceptors (Lipinski definition) is 6. The third-order valence-electron chi connectivity index (χ3n) is 6.70. The van der Waals surface area contributed by atoms with E-state index in [1.165, 1.54) is 47.0 Å². The summed E-state index contributed by atoms with van der Waals surface area (Å²) in [7, 11) is 0. The summed E-state index contributed by atoms with van der Waals surface area (Å²) in [6.07, 6.45) is -2.65. The van der Waals surface area contributed by atoms with Gasteiger partial charge in [0.1, 0.15) is 12.1 Å². The van der Waals surface area contributed by atoms with E-state index in [4.69, 9.17) is 0 Å². The second kappa shape index (κ2) is 12.4. The van der Waals surface area contributed by atoms with Crippen LogP contribution in [0.3, 0.4) is 0 Å². The number of benzene rings is 3. The van der Waals surface area contributed by atoms with Gasteiger partial charge in [-0.05, 0) is 66.3 Å². The van der Waals surface area contributed by atoms with Crippen molar-refractivity contribution in [1.29, 1.82) is 0 Å². The predicted octanol–water partition coefficient (Wildman–Crippen LogP) is 6.86. The van der Waals surface area contributed by atoms with Gasteiger partial charge in [-0.1, -0.05) is 62.0 Å². The molecular formula is C31H28F3N5O3S. The Morgan fingerprint density at radius 3 is 2.47 bits per heavy atom. The second-order valence-corrected chi connectivity index (χ2v) is 11.2. The van der Waals surface area contributed by atoms with Crippen LogP contribution in [0.5, 0.6) is 5.75 Å². The number of carbonyl (C=O) groups excluding carboxylic acids is 2. The smallest absolute Gasteiger partial charge is 0.406 e. The minimum Gasteiger partial charge on any atom is -0.406 e. The second-order valence-electron chi connectivity index (χ2n) is 10.3. The molecule has 3 aromatic carbocycles. The Labute approximate surface area is 250 Å². The molecule has 0 N–H and O–H groups in total. The molecule has 4 aromatic rings. The summed E-state index contributed by atoms with van der Waals surface area (Å²) in [4.78, 5) is 35.8. The molecule has 0 bridgehead atoms. The van der Waals surface area contributed by atoms with E-state index < -0.39 is 6.36 Å². The third kappa shape index (κ3) is 7.31. The predicted molar refractivity (Wildman–Crippen MR) is 159 cm³/mol. The van der Waals surface area contributed by atoms with E-state index in [9.17, 15) is 22.8 Å². The maximum Gasteiger partial charge on any atom is 0.573 e. The van der Waals surface area contributed by atoms with Crippen LogP contribution in [0.4, 0.5) is 18.9 Å². The van der Waals surface area contributed by atoms with Gasteiger partial charge in [-0.2, -0.15) is 4.99 Å². The number of nitrogens with zero attached hydrogens (tertiary/aromatic N) is 5. The first-order valence-electron chi connectivity index (χ1n) is 13.5. The monoisotopic (exact) mass is 607 g/mol. The highest BCUT2D eigenvalue weighted by Gasteiger charge is 2.33. The van der Waals surface area contributed by atoms with Gasteiger partial charge in [0, 0.05) is 12.0 Å². The number of hydrogen-bond donors (Lipinski definition) is 0. The van der Waals surface area contributed by atoms with Crippen molar-refractivity contribution in [3.8, 4) is 22.8 Å². The molecule has 1 aliphatic heterocycles. The number of amidine groups is 1. The average molecular weight is 608 g/mol. The van der Waals surface area contributed by atoms with Crippen molar-refractivity contribution < 1.29 is 27.5 Å². The number of aliphatic imine (C=N–C) groups is 1. The molecule has 0 radical (unpaired) electrons. The minimum atomic E-state index is -4.76. The molecule has 0 unspecified atom stereocenters. The lowest BCUT2D eigenvalue weighted by atomic mass is 9.99. The number of halogens is 3. The largest absolute Gasteiger partial charge is 0.573 e. The summed E-state index contributed by atoms with van der Waals surface area (Å²) in [5.74, 6) is 0.146. The number of ether oxygens (including phenoxy) is 1. The SMILES string of the molecule is Cc1ccc(C(C)C)c(N2C(=O)CSC2=NC(=O)CCc2ccc(-c3ncn(-c4ccc(OC(F)(F)F)cc4)n3)cc2)c1. The van der Waals surface area contributed by atoms with E-state index in [2.05, 4.69) is 33.7 Å². The van der Waals surface area contributed by atoms with Gasteiger partial charge < -0.3 is 4.74 Å². The molecule has 2 heterocycles. The van der Waals surface area contributed by atoms with Crippen LogP contribution in [0.15, 0.2) is 78.0 Å². The average Bonchev–Trinajstić information content (AvgIpc) is 3.58. The van der Waals surface area contributed by atoms with Gasteiger partial charge in [0.15, 0.2) is 11.0 Å². The standard InChI is InChI=1S/C31H28F3N5O3S/c1-19(2)25-14-4-20(3)16-26(25)39-28(41)17-43-30(39)36-27(40)15-7-21-5-8-22(9-6-21)29-35-18-38(37-29)23-10-12-24(13-11-23)42-31(32,33)34/h4-6,8-14,16,18-19H,7,15,17H2,1-3H3. The van der Waals surface area contributed by atoms with Crippen LogP contribution < -0.4 is 9.64 Å². The van der Waals surface area contributed by atoms with E-state index >= 15 is 0 Å². The van der Waals surface area contributed by atoms with Crippen molar-refractivity contribution in [1.82, 2.24) is 14.8 Å². The Hall–Kier alpha value is -4.45. The number of alkyl halides is 3. The Bertz CT molecular complexity index is 1670. The lowest BCUT2D eigenvalue weighted by Gasteiger charge is -2.22. The van der Waals surface area contributed by atoms with E-state index in [0.717, 1.165) is 27.9 Å². The first kappa shape index (κ1) is 30.0. The van der Waals surface area contributed by atoms with E-state index in [-0.39, 0.29) is 35.7 Å². The number of amides is 2. The van der Waals surface area contributed by atoms with Gasteiger partial charge in [-0.3, -0.25) is 14.5 Å². The van der Waals surface area contributed by atoms with Gasteiger partial charge in [0.05, 0.1) is 17.1 Å². The van der Waals surface area contributed by atoms with E-state index in [1.807, 2.05) is 49.4 Å². The zero-order chi connectivity index (χ0) is 30.7. The summed E-state index contributed by atoms with van der Waals surface area (Å²) in [5, 5.41) is 4.82. The van der Waals surface area contributed by atoms with Crippen LogP contribution in [-0.4, -0.2) is 43.9 Å². The number of aryl methyl sites for hydroxylation is 2. The van der Waals surface area contributed by atoms with Gasteiger partial charge in [-0.15, -0.1) is 18.3 Å². The lowest BCUT2D eigenvalue weighted by molar-refractivity contribution is -0.274. The zero-order valence-corrected chi connectivity index (χ0v) is 24.4. The molecular weight excluding hydrogens is 579 g/mol. The van der Waals surface area contributed by atoms with Crippen molar-refractivity contribution in [2.75, 3.05) is 10.7 Å². The first-order valence-corrected chi connectivity index (χ1v) is 14.5. The highest BCUT2D eigenvalue weighted by Crippen LogP contribution is 2.34. The Kier molecular flexibility index (Phi) is 8.67. The summed E-state index contributed by atoms with van der Waals surface area (Å²) in [6.45, 7) is 6.10. The van der Waals surface area contributed by atoms with Crippen LogP contribution in [0.25, 0.3) is 17.1 Å². The van der Waals surface area contributed by atoms with Crippen molar-refractivity contribution in [2.24, 2.45) is 4.99 Å². The fourth-order valence-corrected chi connectivity index (χ4v) is 5.45. The quantitative estimate of drug-likeness (QED) is 0.217. The van der Waals surface area contributed by atoms with Crippen molar-refractivity contribution in [3.05, 3.63) is 89.7 Å². The number of carbonyl (C=O) groups is 2. The molecule has 0 saturated carbocycles. The van der Waals surface area contributed by atoms with Crippen LogP contribution in [-0.2, 0) is 16.0 Å². The summed E-state index contributed by atoms with van der Waals surface area (Å²) >= 11 is 1.27. The summed E-state index contributed by atoms with van der Waals surface area (Å²) in [6, 6.07) is 18.7. The lowest BCUT2D eigenvalue weighted by Crippen LogP contribution is -2.31. The fourth-order valence-electron chi connectivity index (χ4n) is 4.57.